The zero-order valence-corrected chi connectivity index (χ0v) is 18.2. The molecule has 5 aliphatic rings. The van der Waals surface area contributed by atoms with Crippen LogP contribution in [0.2, 0.25) is 0 Å². The maximum atomic E-state index is 12.8. The lowest BCUT2D eigenvalue weighted by molar-refractivity contribution is -0.111. The maximum absolute atomic E-state index is 12.8. The fourth-order valence-corrected chi connectivity index (χ4v) is 7.79. The molecule has 1 aromatic rings. The number of allylic oxidation sites excluding steroid dienone is 2. The molecule has 6 nitrogen and oxygen atoms in total. The lowest BCUT2D eigenvalue weighted by Crippen LogP contribution is -2.57. The topological polar surface area (TPSA) is 86.1 Å². The van der Waals surface area contributed by atoms with Crippen LogP contribution in [0.1, 0.15) is 50.1 Å². The minimum absolute atomic E-state index is 0.0398. The van der Waals surface area contributed by atoms with Gasteiger partial charge in [-0.1, -0.05) is 18.6 Å². The number of carbonyl (C=O) groups is 2. The number of hydrogen-bond donors (Lipinski definition) is 0. The van der Waals surface area contributed by atoms with E-state index in [0.717, 1.165) is 24.8 Å². The van der Waals surface area contributed by atoms with Crippen LogP contribution < -0.4 is 0 Å². The Balaban J connectivity index is 1.39. The summed E-state index contributed by atoms with van der Waals surface area (Å²) >= 11 is 0. The summed E-state index contributed by atoms with van der Waals surface area (Å²) in [6, 6.07) is 3.24. The Hall–Kier alpha value is -2.69. The quantitative estimate of drug-likeness (QED) is 0.408. The second-order valence-electron chi connectivity index (χ2n) is 10.4. The standard InChI is InChI=1S/C26H26O6/c1-15-12-19-18-6-5-16-13-17(28)7-8-24(16,2)26(18)21(32-26)14-25(19,9-10-27)22(15)31-23(29)20-4-3-11-30-20/h3-4,7-9,11,13,15,18-19,21-22H,5-6,12,14H2,1-2H3/t15-,18+,19+,21?,22-,24+,25+,26+/m1/s1. The third-order valence-corrected chi connectivity index (χ3v) is 9.08. The van der Waals surface area contributed by atoms with Gasteiger partial charge in [0.15, 0.2) is 5.78 Å². The van der Waals surface area contributed by atoms with Gasteiger partial charge in [0, 0.05) is 16.9 Å². The zero-order chi connectivity index (χ0) is 22.3. The van der Waals surface area contributed by atoms with Crippen molar-refractivity contribution in [2.75, 3.05) is 0 Å². The van der Waals surface area contributed by atoms with Gasteiger partial charge >= 0.3 is 5.97 Å². The van der Waals surface area contributed by atoms with Crippen LogP contribution in [0.25, 0.3) is 0 Å². The Morgan fingerprint density at radius 3 is 2.94 bits per heavy atom. The summed E-state index contributed by atoms with van der Waals surface area (Å²) in [5, 5.41) is 0. The molecule has 166 valence electrons. The Labute approximate surface area is 186 Å². The molecule has 6 rings (SSSR count). The van der Waals surface area contributed by atoms with Gasteiger partial charge in [0.2, 0.25) is 5.76 Å². The molecule has 0 amide bonds. The first-order valence-corrected chi connectivity index (χ1v) is 11.4. The van der Waals surface area contributed by atoms with Gasteiger partial charge in [0.25, 0.3) is 0 Å². The Morgan fingerprint density at radius 2 is 2.19 bits per heavy atom. The molecule has 3 saturated carbocycles. The average molecular weight is 434 g/mol. The summed E-state index contributed by atoms with van der Waals surface area (Å²) in [6.45, 7) is 4.27. The number of hydrogen-bond acceptors (Lipinski definition) is 6. The van der Waals surface area contributed by atoms with E-state index in [1.54, 1.807) is 30.4 Å². The molecule has 4 aliphatic carbocycles. The molecule has 1 aromatic heterocycles. The number of rotatable bonds is 3. The van der Waals surface area contributed by atoms with E-state index in [1.165, 1.54) is 6.26 Å². The number of ether oxygens (including phenoxy) is 2. The predicted octanol–water partition coefficient (Wildman–Crippen LogP) is 3.86. The molecule has 1 saturated heterocycles. The van der Waals surface area contributed by atoms with Gasteiger partial charge in [0.1, 0.15) is 17.6 Å². The average Bonchev–Trinajstić information content (AvgIpc) is 3.12. The van der Waals surface area contributed by atoms with E-state index in [4.69, 9.17) is 13.9 Å². The monoisotopic (exact) mass is 434 g/mol. The number of fused-ring (bicyclic) bond motifs is 3. The van der Waals surface area contributed by atoms with Crippen LogP contribution in [0.3, 0.4) is 0 Å². The molecule has 0 bridgehead atoms. The van der Waals surface area contributed by atoms with E-state index in [9.17, 15) is 14.4 Å². The summed E-state index contributed by atoms with van der Waals surface area (Å²) in [5.74, 6) is 2.18. The number of epoxide rings is 1. The molecule has 4 fully saturated rings. The van der Waals surface area contributed by atoms with Gasteiger partial charge in [-0.15, -0.1) is 0 Å². The minimum atomic E-state index is -0.607. The van der Waals surface area contributed by atoms with Gasteiger partial charge < -0.3 is 13.9 Å². The van der Waals surface area contributed by atoms with Crippen LogP contribution >= 0.6 is 0 Å². The van der Waals surface area contributed by atoms with Crippen LogP contribution in [0.4, 0.5) is 0 Å². The van der Waals surface area contributed by atoms with Crippen molar-refractivity contribution in [3.05, 3.63) is 54.0 Å². The molecule has 1 unspecified atom stereocenters. The maximum Gasteiger partial charge on any atom is 0.374 e. The fourth-order valence-electron chi connectivity index (χ4n) is 7.79. The van der Waals surface area contributed by atoms with Crippen LogP contribution in [-0.2, 0) is 19.1 Å². The van der Waals surface area contributed by atoms with E-state index in [0.29, 0.717) is 6.42 Å². The van der Waals surface area contributed by atoms with E-state index in [2.05, 4.69) is 13.8 Å². The van der Waals surface area contributed by atoms with Crippen molar-refractivity contribution < 1.29 is 28.3 Å². The molecular weight excluding hydrogens is 408 g/mol. The number of esters is 1. The van der Waals surface area contributed by atoms with Crippen molar-refractivity contribution in [2.45, 2.75) is 57.3 Å². The fraction of sp³-hybridized carbons (Fsp3) is 0.538. The van der Waals surface area contributed by atoms with Gasteiger partial charge in [-0.2, -0.15) is 0 Å². The summed E-state index contributed by atoms with van der Waals surface area (Å²) in [7, 11) is 0. The molecule has 1 aliphatic heterocycles. The molecular formula is C26H26O6. The summed E-state index contributed by atoms with van der Waals surface area (Å²) in [4.78, 5) is 36.5. The molecule has 0 radical (unpaired) electrons. The largest absolute Gasteiger partial charge is 0.457 e. The van der Waals surface area contributed by atoms with Crippen LogP contribution in [0, 0.1) is 28.6 Å². The van der Waals surface area contributed by atoms with Gasteiger partial charge in [-0.05, 0) is 74.6 Å². The summed E-state index contributed by atoms with van der Waals surface area (Å²) in [6.07, 6.45) is 11.2. The van der Waals surface area contributed by atoms with Gasteiger partial charge in [-0.3, -0.25) is 4.79 Å². The molecule has 0 aromatic carbocycles. The third-order valence-electron chi connectivity index (χ3n) is 9.08. The number of carbonyl (C=O) groups excluding carboxylic acids is 3. The van der Waals surface area contributed by atoms with Crippen molar-refractivity contribution >= 4 is 17.7 Å². The minimum Gasteiger partial charge on any atom is -0.457 e. The first-order chi connectivity index (χ1) is 15.4. The van der Waals surface area contributed by atoms with E-state index >= 15 is 0 Å². The van der Waals surface area contributed by atoms with E-state index in [1.807, 2.05) is 12.0 Å². The molecule has 8 atom stereocenters. The highest BCUT2D eigenvalue weighted by Crippen LogP contribution is 2.75. The number of ketones is 1. The first kappa shape index (κ1) is 20.0. The van der Waals surface area contributed by atoms with Crippen molar-refractivity contribution in [2.24, 2.45) is 28.6 Å². The lowest BCUT2D eigenvalue weighted by Gasteiger charge is -2.54. The normalized spacial score (nSPS) is 45.5. The highest BCUT2D eigenvalue weighted by molar-refractivity contribution is 6.01. The Morgan fingerprint density at radius 1 is 1.34 bits per heavy atom. The first-order valence-electron chi connectivity index (χ1n) is 11.4. The Kier molecular flexibility index (Phi) is 4.01. The summed E-state index contributed by atoms with van der Waals surface area (Å²) < 4.78 is 17.8. The molecule has 6 heteroatoms. The van der Waals surface area contributed by atoms with Gasteiger partial charge in [0.05, 0.1) is 12.4 Å². The van der Waals surface area contributed by atoms with Crippen LogP contribution in [-0.4, -0.2) is 35.5 Å². The second kappa shape index (κ2) is 6.43. The third kappa shape index (κ3) is 2.32. The molecule has 0 N–H and O–H groups in total. The van der Waals surface area contributed by atoms with Crippen molar-refractivity contribution in [1.82, 2.24) is 0 Å². The van der Waals surface area contributed by atoms with Gasteiger partial charge in [-0.25, -0.2) is 9.59 Å². The zero-order valence-electron chi connectivity index (χ0n) is 18.2. The molecule has 2 heterocycles. The second-order valence-corrected chi connectivity index (χ2v) is 10.4. The van der Waals surface area contributed by atoms with E-state index in [-0.39, 0.29) is 46.4 Å². The van der Waals surface area contributed by atoms with Crippen molar-refractivity contribution in [1.29, 1.82) is 0 Å². The predicted molar refractivity (Wildman–Crippen MR) is 113 cm³/mol. The van der Waals surface area contributed by atoms with E-state index < -0.39 is 17.5 Å². The van der Waals surface area contributed by atoms with Crippen LogP contribution in [0.5, 0.6) is 0 Å². The molecule has 32 heavy (non-hydrogen) atoms. The number of furan rings is 1. The van der Waals surface area contributed by atoms with Crippen molar-refractivity contribution in [3.8, 4) is 0 Å². The highest BCUT2D eigenvalue weighted by Gasteiger charge is 2.80. The summed E-state index contributed by atoms with van der Waals surface area (Å²) in [5.41, 5.74) is -0.143. The Bertz CT molecular complexity index is 1110. The smallest absolute Gasteiger partial charge is 0.374 e. The SMILES string of the molecule is C[C@@H]1C[C@H]2[C@@H]3CCC4=CC(=O)C=C[C@]4(C)[C@]34OC4C[C@]2(C=C=O)[C@@H]1OC(=O)c1ccco1. The highest BCUT2D eigenvalue weighted by atomic mass is 16.6. The molecule has 1 spiro atoms. The van der Waals surface area contributed by atoms with Crippen LogP contribution in [0.15, 0.2) is 52.7 Å². The lowest BCUT2D eigenvalue weighted by atomic mass is 9.47. The van der Waals surface area contributed by atoms with Crippen molar-refractivity contribution in [3.63, 3.8) is 0 Å².